The summed E-state index contributed by atoms with van der Waals surface area (Å²) < 4.78 is 327. The van der Waals surface area contributed by atoms with Crippen molar-refractivity contribution in [1.29, 1.82) is 0 Å². The van der Waals surface area contributed by atoms with Gasteiger partial charge in [0.15, 0.2) is 0 Å². The summed E-state index contributed by atoms with van der Waals surface area (Å²) in [4.78, 5) is 0. The van der Waals surface area contributed by atoms with Crippen LogP contribution in [0.4, 0.5) is 110 Å². The van der Waals surface area contributed by atoms with Gasteiger partial charge in [-0.15, -0.1) is 0 Å². The average Bonchev–Trinajstić information content (AvgIpc) is 2.71. The summed E-state index contributed by atoms with van der Waals surface area (Å²) in [6, 6.07) is 0. The molecule has 0 aliphatic rings. The zero-order chi connectivity index (χ0) is 32.7. The predicted molar refractivity (Wildman–Crippen MR) is 70.8 cm³/mol. The van der Waals surface area contributed by atoms with Crippen LogP contribution in [0.25, 0.3) is 0 Å². The van der Waals surface area contributed by atoms with E-state index in [4.69, 9.17) is 0 Å². The molecule has 0 aliphatic heterocycles. The first-order valence-corrected chi connectivity index (χ1v) is 8.54. The molecule has 0 heterocycles. The molecule has 0 aliphatic carbocycles. The Morgan fingerprint density at radius 1 is 0.256 bits per heavy atom. The summed E-state index contributed by atoms with van der Waals surface area (Å²) in [7, 11) is 0. The molecule has 0 N–H and O–H groups in total. The maximum absolute atomic E-state index is 13.5. The number of halogens is 25. The molecule has 0 bridgehead atoms. The molecule has 0 radical (unpaired) electrons. The normalized spacial score (nSPS) is 17.1. The number of hydrogen-bond donors (Lipinski definition) is 0. The van der Waals surface area contributed by atoms with Gasteiger partial charge in [-0.25, -0.2) is 0 Å². The minimum Gasteiger partial charge on any atom is -0.200 e. The van der Waals surface area contributed by atoms with Crippen molar-refractivity contribution in [3.63, 3.8) is 0 Å². The second-order valence-corrected chi connectivity index (χ2v) is 7.30. The van der Waals surface area contributed by atoms with Crippen LogP contribution in [0, 0.1) is 0 Å². The molecule has 0 amide bonds. The fourth-order valence-corrected chi connectivity index (χ4v) is 2.21. The summed E-state index contributed by atoms with van der Waals surface area (Å²) in [5, 5.41) is 0. The van der Waals surface area contributed by atoms with Crippen LogP contribution in [0.1, 0.15) is 13.3 Å². The van der Waals surface area contributed by atoms with Crippen molar-refractivity contribution in [1.82, 2.24) is 0 Å². The van der Waals surface area contributed by atoms with Gasteiger partial charge < -0.3 is 0 Å². The van der Waals surface area contributed by atoms with Gasteiger partial charge in [0.05, 0.1) is 0 Å². The molecule has 0 atom stereocenters. The highest BCUT2D eigenvalue weighted by Crippen LogP contribution is 2.67. The Bertz CT molecular complexity index is 887. The minimum absolute atomic E-state index is 0.289. The van der Waals surface area contributed by atoms with Gasteiger partial charge in [0.25, 0.3) is 0 Å². The molecule has 25 heteroatoms. The van der Waals surface area contributed by atoms with Gasteiger partial charge >= 0.3 is 71.3 Å². The maximum atomic E-state index is 13.5. The van der Waals surface area contributed by atoms with Crippen molar-refractivity contribution in [3.8, 4) is 0 Å². The molecule has 0 rings (SSSR count). The first kappa shape index (κ1) is 37.2. The fourth-order valence-electron chi connectivity index (χ4n) is 2.21. The van der Waals surface area contributed by atoms with Crippen LogP contribution in [0.3, 0.4) is 0 Å². The van der Waals surface area contributed by atoms with E-state index in [0.717, 1.165) is 0 Å². The van der Waals surface area contributed by atoms with Crippen LogP contribution in [0.5, 0.6) is 0 Å². The molecule has 0 nitrogen and oxygen atoms in total. The third-order valence-electron chi connectivity index (χ3n) is 4.81. The lowest BCUT2D eigenvalue weighted by Crippen LogP contribution is -2.78. The molecule has 0 aromatic heterocycles. The zero-order valence-electron chi connectivity index (χ0n) is 17.2. The van der Waals surface area contributed by atoms with E-state index in [0.29, 0.717) is 0 Å². The lowest BCUT2D eigenvalue weighted by atomic mass is 9.84. The molecular formula is C14H5F25. The third-order valence-corrected chi connectivity index (χ3v) is 4.81. The Hall–Kier alpha value is -1.75. The van der Waals surface area contributed by atoms with E-state index in [1.54, 1.807) is 0 Å². The lowest BCUT2D eigenvalue weighted by Gasteiger charge is -2.45. The van der Waals surface area contributed by atoms with E-state index >= 15 is 0 Å². The number of rotatable bonds is 11. The highest BCUT2D eigenvalue weighted by Gasteiger charge is 2.99. The Labute approximate surface area is 196 Å². The largest absolute Gasteiger partial charge is 0.460 e. The van der Waals surface area contributed by atoms with Crippen LogP contribution < -0.4 is 0 Å². The van der Waals surface area contributed by atoms with Crippen LogP contribution in [0.2, 0.25) is 0 Å². The summed E-state index contributed by atoms with van der Waals surface area (Å²) in [5.41, 5.74) is 0. The van der Waals surface area contributed by atoms with E-state index < -0.39 is 77.7 Å². The summed E-state index contributed by atoms with van der Waals surface area (Å²) >= 11 is 0. The molecule has 236 valence electrons. The van der Waals surface area contributed by atoms with Crippen LogP contribution >= 0.6 is 0 Å². The van der Waals surface area contributed by atoms with Gasteiger partial charge in [0, 0.05) is 6.42 Å². The zero-order valence-corrected chi connectivity index (χ0v) is 17.2. The van der Waals surface area contributed by atoms with E-state index in [-0.39, 0.29) is 6.92 Å². The minimum atomic E-state index is -9.56. The van der Waals surface area contributed by atoms with Crippen molar-refractivity contribution in [2.75, 3.05) is 0 Å². The van der Waals surface area contributed by atoms with Gasteiger partial charge in [0.1, 0.15) is 0 Å². The summed E-state index contributed by atoms with van der Waals surface area (Å²) in [6.07, 6.45) is -10.9. The van der Waals surface area contributed by atoms with Crippen LogP contribution in [-0.4, -0.2) is 71.3 Å². The molecular weight excluding hydrogens is 643 g/mol. The molecule has 0 aromatic carbocycles. The number of hydrogen-bond acceptors (Lipinski definition) is 0. The van der Waals surface area contributed by atoms with Crippen molar-refractivity contribution in [2.45, 2.75) is 84.7 Å². The van der Waals surface area contributed by atoms with E-state index in [2.05, 4.69) is 0 Å². The topological polar surface area (TPSA) is 0 Å². The maximum Gasteiger partial charge on any atom is 0.460 e. The SMILES string of the molecule is CCC(F)(F)C(F)(F)C(F)(F)C(F)(F)C(F)(F)C(F)(F)C(F)(F)C(F)(F)C(F)(F)C(F)(F)C(F)(F)C(F)(F)F. The highest BCUT2D eigenvalue weighted by molar-refractivity contribution is 5.19. The van der Waals surface area contributed by atoms with Gasteiger partial charge in [-0.2, -0.15) is 110 Å². The van der Waals surface area contributed by atoms with Crippen LogP contribution in [-0.2, 0) is 0 Å². The second-order valence-electron chi connectivity index (χ2n) is 7.30. The van der Waals surface area contributed by atoms with E-state index in [1.165, 1.54) is 0 Å². The molecule has 0 aromatic rings. The first-order chi connectivity index (χ1) is 16.3. The van der Waals surface area contributed by atoms with Gasteiger partial charge in [0.2, 0.25) is 0 Å². The summed E-state index contributed by atoms with van der Waals surface area (Å²) in [5.74, 6) is -97.5. The molecule has 0 saturated heterocycles. The van der Waals surface area contributed by atoms with Crippen LogP contribution in [0.15, 0.2) is 0 Å². The highest BCUT2D eigenvalue weighted by atomic mass is 19.4. The molecule has 0 saturated carbocycles. The molecule has 0 spiro atoms. The standard InChI is InChI=1S/C14H5F25/c1-2-3(15,16)4(17,18)5(19,20)6(21,22)7(23,24)8(25,26)9(27,28)10(29,30)11(31,32)12(33,34)13(35,36)14(37,38)39/h2H2,1H3. The lowest BCUT2D eigenvalue weighted by molar-refractivity contribution is -0.482. The van der Waals surface area contributed by atoms with E-state index in [1.807, 2.05) is 0 Å². The summed E-state index contributed by atoms with van der Waals surface area (Å²) in [6.45, 7) is -0.289. The van der Waals surface area contributed by atoms with Crippen molar-refractivity contribution in [2.24, 2.45) is 0 Å². The van der Waals surface area contributed by atoms with Crippen molar-refractivity contribution in [3.05, 3.63) is 0 Å². The smallest absolute Gasteiger partial charge is 0.200 e. The third kappa shape index (κ3) is 4.23. The first-order valence-electron chi connectivity index (χ1n) is 8.54. The Morgan fingerprint density at radius 2 is 0.410 bits per heavy atom. The average molecular weight is 648 g/mol. The quantitative estimate of drug-likeness (QED) is 0.197. The van der Waals surface area contributed by atoms with Gasteiger partial charge in [-0.05, 0) is 0 Å². The Kier molecular flexibility index (Phi) is 8.47. The number of alkyl halides is 25. The van der Waals surface area contributed by atoms with E-state index in [9.17, 15) is 110 Å². The van der Waals surface area contributed by atoms with Gasteiger partial charge in [-0.3, -0.25) is 0 Å². The monoisotopic (exact) mass is 648 g/mol. The molecule has 39 heavy (non-hydrogen) atoms. The second kappa shape index (κ2) is 8.87. The molecule has 0 unspecified atom stereocenters. The molecule has 0 fully saturated rings. The predicted octanol–water partition coefficient (Wildman–Crippen LogP) is 8.95. The Balaban J connectivity index is 7.31. The van der Waals surface area contributed by atoms with Gasteiger partial charge in [-0.1, -0.05) is 6.92 Å². The van der Waals surface area contributed by atoms with Crippen molar-refractivity contribution < 1.29 is 110 Å². The fraction of sp³-hybridized carbons (Fsp3) is 1.00. The van der Waals surface area contributed by atoms with Crippen molar-refractivity contribution >= 4 is 0 Å². The Morgan fingerprint density at radius 3 is 0.564 bits per heavy atom.